The fourth-order valence-corrected chi connectivity index (χ4v) is 0.908. The van der Waals surface area contributed by atoms with Crippen LogP contribution < -0.4 is 15.2 Å². The Bertz CT molecular complexity index is 439. The first-order chi connectivity index (χ1) is 7.37. The van der Waals surface area contributed by atoms with Gasteiger partial charge in [-0.15, -0.1) is 13.2 Å². The second-order valence-corrected chi connectivity index (χ2v) is 2.58. The number of pyridine rings is 1. The predicted octanol–water partition coefficient (Wildman–Crippen LogP) is 1.44. The van der Waals surface area contributed by atoms with Crippen LogP contribution in [0.2, 0.25) is 0 Å². The number of nitriles is 1. The zero-order chi connectivity index (χ0) is 12.3. The lowest BCUT2D eigenvalue weighted by Crippen LogP contribution is -2.18. The maximum atomic E-state index is 12.0. The molecule has 0 unspecified atom stereocenters. The van der Waals surface area contributed by atoms with Gasteiger partial charge in [-0.2, -0.15) is 5.26 Å². The number of nitrogens with zero attached hydrogens (tertiary/aromatic N) is 2. The van der Waals surface area contributed by atoms with Crippen molar-refractivity contribution in [2.24, 2.45) is 0 Å². The lowest BCUT2D eigenvalue weighted by atomic mass is 10.3. The minimum atomic E-state index is -4.90. The van der Waals surface area contributed by atoms with Crippen molar-refractivity contribution in [2.45, 2.75) is 6.36 Å². The van der Waals surface area contributed by atoms with Crippen molar-refractivity contribution in [3.63, 3.8) is 0 Å². The summed E-state index contributed by atoms with van der Waals surface area (Å²) >= 11 is 0. The molecule has 8 heteroatoms. The van der Waals surface area contributed by atoms with Gasteiger partial charge in [-0.1, -0.05) is 0 Å². The summed E-state index contributed by atoms with van der Waals surface area (Å²) in [6, 6.07) is 2.38. The van der Waals surface area contributed by atoms with Crippen molar-refractivity contribution >= 4 is 5.69 Å². The minimum absolute atomic E-state index is 0.190. The van der Waals surface area contributed by atoms with Crippen molar-refractivity contribution in [1.29, 1.82) is 5.26 Å². The Kier molecular flexibility index (Phi) is 3.08. The molecule has 5 nitrogen and oxygen atoms in total. The average molecular weight is 233 g/mol. The summed E-state index contributed by atoms with van der Waals surface area (Å²) in [4.78, 5) is 3.54. The zero-order valence-electron chi connectivity index (χ0n) is 8.00. The van der Waals surface area contributed by atoms with E-state index in [0.29, 0.717) is 0 Å². The van der Waals surface area contributed by atoms with Gasteiger partial charge in [0.15, 0.2) is 11.4 Å². The van der Waals surface area contributed by atoms with Gasteiger partial charge in [0.05, 0.1) is 7.11 Å². The summed E-state index contributed by atoms with van der Waals surface area (Å²) < 4.78 is 44.1. The third kappa shape index (κ3) is 2.66. The summed E-state index contributed by atoms with van der Waals surface area (Å²) in [7, 11) is 1.19. The van der Waals surface area contributed by atoms with E-state index in [9.17, 15) is 13.2 Å². The van der Waals surface area contributed by atoms with Crippen LogP contribution in [0.3, 0.4) is 0 Å². The normalized spacial score (nSPS) is 10.7. The number of ether oxygens (including phenoxy) is 2. The monoisotopic (exact) mass is 233 g/mol. The number of aromatic nitrogens is 1. The molecule has 0 amide bonds. The first-order valence-electron chi connectivity index (χ1n) is 3.87. The number of alkyl halides is 3. The van der Waals surface area contributed by atoms with E-state index < -0.39 is 23.5 Å². The first kappa shape index (κ1) is 11.9. The largest absolute Gasteiger partial charge is 0.573 e. The second-order valence-electron chi connectivity index (χ2n) is 2.58. The number of rotatable bonds is 2. The molecule has 0 radical (unpaired) electrons. The lowest BCUT2D eigenvalue weighted by molar-refractivity contribution is -0.274. The van der Waals surface area contributed by atoms with Crippen molar-refractivity contribution in [1.82, 2.24) is 4.98 Å². The molecule has 0 aliphatic carbocycles. The number of methoxy groups -OCH3 is 1. The summed E-state index contributed by atoms with van der Waals surface area (Å²) in [6.45, 7) is 0. The van der Waals surface area contributed by atoms with Gasteiger partial charge < -0.3 is 15.2 Å². The van der Waals surface area contributed by atoms with E-state index in [4.69, 9.17) is 11.0 Å². The quantitative estimate of drug-likeness (QED) is 0.835. The van der Waals surface area contributed by atoms with E-state index in [1.807, 2.05) is 0 Å². The van der Waals surface area contributed by atoms with Crippen LogP contribution in [0.5, 0.6) is 11.6 Å². The molecule has 1 heterocycles. The molecule has 0 fully saturated rings. The van der Waals surface area contributed by atoms with E-state index in [1.54, 1.807) is 0 Å². The van der Waals surface area contributed by atoms with E-state index in [-0.39, 0.29) is 5.88 Å². The number of nitrogens with two attached hydrogens (primary N) is 1. The molecule has 0 saturated carbocycles. The topological polar surface area (TPSA) is 81.2 Å². The van der Waals surface area contributed by atoms with Crippen molar-refractivity contribution in [3.8, 4) is 17.7 Å². The number of nitrogen functional groups attached to an aromatic ring is 1. The molecule has 0 saturated heterocycles. The molecule has 1 rings (SSSR count). The number of halogens is 3. The fraction of sp³-hybridized carbons (Fsp3) is 0.250. The van der Waals surface area contributed by atoms with Gasteiger partial charge in [0.25, 0.3) is 0 Å². The third-order valence-electron chi connectivity index (χ3n) is 1.54. The van der Waals surface area contributed by atoms with Crippen molar-refractivity contribution in [3.05, 3.63) is 11.8 Å². The second kappa shape index (κ2) is 4.14. The molecule has 0 bridgehead atoms. The van der Waals surface area contributed by atoms with Gasteiger partial charge in [0, 0.05) is 6.07 Å². The van der Waals surface area contributed by atoms with Crippen LogP contribution in [0.15, 0.2) is 6.07 Å². The highest BCUT2D eigenvalue weighted by atomic mass is 19.4. The smallest absolute Gasteiger partial charge is 0.481 e. The Morgan fingerprint density at radius 2 is 2.12 bits per heavy atom. The molecule has 0 spiro atoms. The van der Waals surface area contributed by atoms with E-state index >= 15 is 0 Å². The molecule has 86 valence electrons. The van der Waals surface area contributed by atoms with E-state index in [2.05, 4.69) is 14.5 Å². The Morgan fingerprint density at radius 1 is 1.50 bits per heavy atom. The van der Waals surface area contributed by atoms with Crippen molar-refractivity contribution in [2.75, 3.05) is 12.8 Å². The van der Waals surface area contributed by atoms with Gasteiger partial charge in [-0.05, 0) is 0 Å². The number of hydrogen-bond acceptors (Lipinski definition) is 5. The van der Waals surface area contributed by atoms with Crippen LogP contribution in [0.25, 0.3) is 0 Å². The molecule has 16 heavy (non-hydrogen) atoms. The van der Waals surface area contributed by atoms with Gasteiger partial charge in [-0.3, -0.25) is 0 Å². The predicted molar refractivity (Wildman–Crippen MR) is 46.6 cm³/mol. The minimum Gasteiger partial charge on any atom is -0.481 e. The van der Waals surface area contributed by atoms with Crippen LogP contribution in [0.1, 0.15) is 5.69 Å². The number of hydrogen-bond donors (Lipinski definition) is 1. The summed E-state index contributed by atoms with van der Waals surface area (Å²) in [5, 5.41) is 8.58. The Morgan fingerprint density at radius 3 is 2.56 bits per heavy atom. The van der Waals surface area contributed by atoms with Gasteiger partial charge in [-0.25, -0.2) is 4.98 Å². The molecule has 1 aromatic rings. The van der Waals surface area contributed by atoms with Gasteiger partial charge >= 0.3 is 6.36 Å². The maximum absolute atomic E-state index is 12.0. The van der Waals surface area contributed by atoms with Crippen LogP contribution in [0, 0.1) is 11.3 Å². The first-order valence-corrected chi connectivity index (χ1v) is 3.87. The maximum Gasteiger partial charge on any atom is 0.573 e. The molecule has 0 aliphatic rings. The highest BCUT2D eigenvalue weighted by Gasteiger charge is 2.33. The number of anilines is 1. The molecule has 0 atom stereocenters. The van der Waals surface area contributed by atoms with Crippen molar-refractivity contribution < 1.29 is 22.6 Å². The summed E-state index contributed by atoms with van der Waals surface area (Å²) in [6.07, 6.45) is -4.90. The SMILES string of the molecule is COc1cc(OC(F)(F)F)c(N)c(C#N)n1. The summed E-state index contributed by atoms with van der Waals surface area (Å²) in [5.41, 5.74) is 4.38. The van der Waals surface area contributed by atoms with Crippen LogP contribution in [-0.4, -0.2) is 18.5 Å². The Labute approximate surface area is 88.2 Å². The van der Waals surface area contributed by atoms with E-state index in [0.717, 1.165) is 6.07 Å². The molecule has 0 aromatic carbocycles. The highest BCUT2D eigenvalue weighted by molar-refractivity contribution is 5.61. The highest BCUT2D eigenvalue weighted by Crippen LogP contribution is 2.32. The van der Waals surface area contributed by atoms with Gasteiger partial charge in [0.1, 0.15) is 11.8 Å². The lowest BCUT2D eigenvalue weighted by Gasteiger charge is -2.12. The molecular weight excluding hydrogens is 227 g/mol. The van der Waals surface area contributed by atoms with Gasteiger partial charge in [0.2, 0.25) is 5.88 Å². The fourth-order valence-electron chi connectivity index (χ4n) is 0.908. The van der Waals surface area contributed by atoms with E-state index in [1.165, 1.54) is 13.2 Å². The third-order valence-corrected chi connectivity index (χ3v) is 1.54. The molecule has 0 aliphatic heterocycles. The zero-order valence-corrected chi connectivity index (χ0v) is 8.00. The Hall–Kier alpha value is -2.17. The van der Waals surface area contributed by atoms with Crippen LogP contribution in [0.4, 0.5) is 18.9 Å². The molecule has 1 aromatic heterocycles. The Balaban J connectivity index is 3.23. The van der Waals surface area contributed by atoms with Crippen LogP contribution in [-0.2, 0) is 0 Å². The molecule has 2 N–H and O–H groups in total. The summed E-state index contributed by atoms with van der Waals surface area (Å²) in [5.74, 6) is -0.902. The molecular formula is C8H6F3N3O2. The van der Waals surface area contributed by atoms with Crippen LogP contribution >= 0.6 is 0 Å². The standard InChI is InChI=1S/C8H6F3N3O2/c1-15-6-2-5(16-8(9,10)11)7(13)4(3-12)14-6/h2H,13H2,1H3. The average Bonchev–Trinajstić information content (AvgIpc) is 2.19.